The summed E-state index contributed by atoms with van der Waals surface area (Å²) in [4.78, 5) is 26.2. The van der Waals surface area contributed by atoms with Crippen LogP contribution in [0.3, 0.4) is 0 Å². The van der Waals surface area contributed by atoms with Gasteiger partial charge in [0, 0.05) is 0 Å². The van der Waals surface area contributed by atoms with Crippen LogP contribution in [0.4, 0.5) is 0 Å². The van der Waals surface area contributed by atoms with E-state index < -0.39 is 11.9 Å². The van der Waals surface area contributed by atoms with Crippen molar-refractivity contribution in [3.8, 4) is 23.0 Å². The summed E-state index contributed by atoms with van der Waals surface area (Å²) < 4.78 is 28.9. The minimum absolute atomic E-state index is 0.0814. The quantitative estimate of drug-likeness (QED) is 0.0363. The van der Waals surface area contributed by atoms with E-state index in [0.29, 0.717) is 36.9 Å². The number of allylic oxidation sites excluding steroid dienone is 1. The topological polar surface area (TPSA) is 80.3 Å². The molecule has 3 aromatic carbocycles. The molecule has 0 aliphatic rings. The largest absolute Gasteiger partial charge is 0.494 e. The number of unbranched alkanes of at least 4 members (excludes halogenated alkanes) is 11. The normalized spacial score (nSPS) is 10.7. The van der Waals surface area contributed by atoms with Gasteiger partial charge in [-0.05, 0) is 92.3 Å². The Labute approximate surface area is 294 Å². The molecule has 266 valence electrons. The van der Waals surface area contributed by atoms with Gasteiger partial charge in [0.05, 0.1) is 25.4 Å². The molecule has 0 N–H and O–H groups in total. The van der Waals surface area contributed by atoms with Crippen molar-refractivity contribution < 1.29 is 33.3 Å². The Morgan fingerprint density at radius 1 is 0.592 bits per heavy atom. The molecule has 0 fully saturated rings. The average molecular weight is 673 g/mol. The van der Waals surface area contributed by atoms with Gasteiger partial charge in [-0.3, -0.25) is 0 Å². The zero-order chi connectivity index (χ0) is 34.9. The van der Waals surface area contributed by atoms with Crippen molar-refractivity contribution in [3.05, 3.63) is 96.1 Å². The standard InChI is InChI=1S/C42H56O7/c1-4-7-10-11-12-13-14-15-18-30-46-36-23-19-34(20-24-36)33-48-42(44)39-32-38(27-28-40(39)47-31-17-9-6-3)49-41(43)35-21-25-37(26-22-35)45-29-16-8-5-2/h4,19-28,32H,1,5-18,29-31,33H2,2-3H3. The fraction of sp³-hybridized carbons (Fsp3) is 0.476. The molecule has 0 spiro atoms. The molecule has 0 unspecified atom stereocenters. The molecule has 3 aromatic rings. The van der Waals surface area contributed by atoms with E-state index in [-0.39, 0.29) is 17.9 Å². The third-order valence-electron chi connectivity index (χ3n) is 8.11. The minimum atomic E-state index is -0.561. The maximum absolute atomic E-state index is 13.3. The van der Waals surface area contributed by atoms with Gasteiger partial charge in [-0.2, -0.15) is 0 Å². The Hall–Kier alpha value is -4.26. The van der Waals surface area contributed by atoms with Gasteiger partial charge in [-0.25, -0.2) is 9.59 Å². The maximum atomic E-state index is 13.3. The maximum Gasteiger partial charge on any atom is 0.343 e. The number of esters is 2. The van der Waals surface area contributed by atoms with Gasteiger partial charge in [0.2, 0.25) is 0 Å². The fourth-order valence-electron chi connectivity index (χ4n) is 5.16. The van der Waals surface area contributed by atoms with Gasteiger partial charge in [0.1, 0.15) is 35.2 Å². The highest BCUT2D eigenvalue weighted by molar-refractivity contribution is 5.94. The van der Waals surface area contributed by atoms with Crippen molar-refractivity contribution >= 4 is 11.9 Å². The minimum Gasteiger partial charge on any atom is -0.494 e. The van der Waals surface area contributed by atoms with Crippen molar-refractivity contribution in [2.45, 2.75) is 110 Å². The van der Waals surface area contributed by atoms with Crippen LogP contribution >= 0.6 is 0 Å². The van der Waals surface area contributed by atoms with Crippen molar-refractivity contribution in [1.29, 1.82) is 0 Å². The Balaban J connectivity index is 1.51. The lowest BCUT2D eigenvalue weighted by molar-refractivity contribution is 0.0466. The first-order chi connectivity index (χ1) is 24.0. The monoisotopic (exact) mass is 672 g/mol. The summed E-state index contributed by atoms with van der Waals surface area (Å²) in [5.74, 6) is 1.02. The molecule has 0 bridgehead atoms. The summed E-state index contributed by atoms with van der Waals surface area (Å²) in [5.41, 5.74) is 1.42. The fourth-order valence-corrected chi connectivity index (χ4v) is 5.16. The third-order valence-corrected chi connectivity index (χ3v) is 8.11. The Bertz CT molecular complexity index is 1360. The first kappa shape index (κ1) is 39.2. The van der Waals surface area contributed by atoms with Crippen LogP contribution in [0.5, 0.6) is 23.0 Å². The first-order valence-corrected chi connectivity index (χ1v) is 18.3. The number of hydrogen-bond donors (Lipinski definition) is 0. The van der Waals surface area contributed by atoms with Crippen LogP contribution in [0.2, 0.25) is 0 Å². The number of hydrogen-bond acceptors (Lipinski definition) is 7. The highest BCUT2D eigenvalue weighted by Crippen LogP contribution is 2.27. The van der Waals surface area contributed by atoms with Gasteiger partial charge in [0.15, 0.2) is 0 Å². The summed E-state index contributed by atoms with van der Waals surface area (Å²) in [5, 5.41) is 0. The van der Waals surface area contributed by atoms with Crippen LogP contribution in [0.15, 0.2) is 79.4 Å². The first-order valence-electron chi connectivity index (χ1n) is 18.3. The van der Waals surface area contributed by atoms with E-state index in [0.717, 1.165) is 62.7 Å². The van der Waals surface area contributed by atoms with Crippen LogP contribution in [0.25, 0.3) is 0 Å². The van der Waals surface area contributed by atoms with Crippen molar-refractivity contribution in [1.82, 2.24) is 0 Å². The van der Waals surface area contributed by atoms with E-state index in [1.165, 1.54) is 44.6 Å². The summed E-state index contributed by atoms with van der Waals surface area (Å²) in [6, 6.07) is 19.2. The number of rotatable bonds is 26. The highest BCUT2D eigenvalue weighted by atomic mass is 16.5. The molecule has 0 aliphatic carbocycles. The smallest absolute Gasteiger partial charge is 0.343 e. The summed E-state index contributed by atoms with van der Waals surface area (Å²) in [6.07, 6.45) is 17.8. The van der Waals surface area contributed by atoms with Crippen LogP contribution in [-0.4, -0.2) is 31.8 Å². The van der Waals surface area contributed by atoms with E-state index in [9.17, 15) is 9.59 Å². The molecule has 0 saturated carbocycles. The molecule has 49 heavy (non-hydrogen) atoms. The second-order valence-electron chi connectivity index (χ2n) is 12.3. The van der Waals surface area contributed by atoms with E-state index in [1.54, 1.807) is 36.4 Å². The predicted molar refractivity (Wildman–Crippen MR) is 196 cm³/mol. The van der Waals surface area contributed by atoms with Crippen LogP contribution in [0.1, 0.15) is 130 Å². The van der Waals surface area contributed by atoms with Crippen LogP contribution < -0.4 is 18.9 Å². The van der Waals surface area contributed by atoms with Crippen molar-refractivity contribution in [2.24, 2.45) is 0 Å². The van der Waals surface area contributed by atoms with Crippen LogP contribution in [0, 0.1) is 0 Å². The van der Waals surface area contributed by atoms with Crippen molar-refractivity contribution in [3.63, 3.8) is 0 Å². The Morgan fingerprint density at radius 3 is 1.73 bits per heavy atom. The Morgan fingerprint density at radius 2 is 1.12 bits per heavy atom. The molecular formula is C42H56O7. The lowest BCUT2D eigenvalue weighted by Crippen LogP contribution is -2.12. The molecular weight excluding hydrogens is 616 g/mol. The molecule has 0 radical (unpaired) electrons. The van der Waals surface area contributed by atoms with Gasteiger partial charge < -0.3 is 23.7 Å². The average Bonchev–Trinajstić information content (AvgIpc) is 3.13. The van der Waals surface area contributed by atoms with Gasteiger partial charge >= 0.3 is 11.9 Å². The van der Waals surface area contributed by atoms with Gasteiger partial charge in [-0.15, -0.1) is 6.58 Å². The van der Waals surface area contributed by atoms with Crippen LogP contribution in [-0.2, 0) is 11.3 Å². The highest BCUT2D eigenvalue weighted by Gasteiger charge is 2.18. The molecule has 7 heteroatoms. The number of ether oxygens (including phenoxy) is 5. The Kier molecular flexibility index (Phi) is 19.2. The molecule has 0 saturated heterocycles. The number of carbonyl (C=O) groups excluding carboxylic acids is 2. The molecule has 0 atom stereocenters. The molecule has 0 aromatic heterocycles. The second-order valence-corrected chi connectivity index (χ2v) is 12.3. The summed E-state index contributed by atoms with van der Waals surface area (Å²) >= 11 is 0. The molecule has 3 rings (SSSR count). The van der Waals surface area contributed by atoms with E-state index in [2.05, 4.69) is 20.4 Å². The van der Waals surface area contributed by atoms with Crippen molar-refractivity contribution in [2.75, 3.05) is 19.8 Å². The van der Waals surface area contributed by atoms with Gasteiger partial charge in [-0.1, -0.05) is 89.8 Å². The lowest BCUT2D eigenvalue weighted by Gasteiger charge is -2.14. The zero-order valence-electron chi connectivity index (χ0n) is 29.7. The van der Waals surface area contributed by atoms with E-state index in [4.69, 9.17) is 23.7 Å². The van der Waals surface area contributed by atoms with E-state index >= 15 is 0 Å². The predicted octanol–water partition coefficient (Wildman–Crippen LogP) is 11.1. The number of benzene rings is 3. The SMILES string of the molecule is C=CCCCCCCCCCOc1ccc(COC(=O)c2cc(OC(=O)c3ccc(OCCCCC)cc3)ccc2OCCCCC)cc1. The zero-order valence-corrected chi connectivity index (χ0v) is 29.7. The molecule has 0 heterocycles. The molecule has 7 nitrogen and oxygen atoms in total. The summed E-state index contributed by atoms with van der Waals surface area (Å²) in [6.45, 7) is 9.92. The van der Waals surface area contributed by atoms with E-state index in [1.807, 2.05) is 30.3 Å². The third kappa shape index (κ3) is 15.7. The van der Waals surface area contributed by atoms with Gasteiger partial charge in [0.25, 0.3) is 0 Å². The molecule has 0 amide bonds. The molecule has 0 aliphatic heterocycles. The lowest BCUT2D eigenvalue weighted by atomic mass is 10.1. The summed E-state index contributed by atoms with van der Waals surface area (Å²) in [7, 11) is 0. The number of carbonyl (C=O) groups is 2. The second kappa shape index (κ2) is 24.0.